The van der Waals surface area contributed by atoms with Crippen LogP contribution in [0.1, 0.15) is 62.3 Å². The van der Waals surface area contributed by atoms with Gasteiger partial charge in [-0.3, -0.25) is 24.1 Å². The molecule has 0 radical (unpaired) electrons. The second-order valence-electron chi connectivity index (χ2n) is 9.98. The maximum Gasteiger partial charge on any atom is 0.412 e. The van der Waals surface area contributed by atoms with Crippen LogP contribution in [-0.2, 0) is 52.3 Å². The van der Waals surface area contributed by atoms with Crippen molar-refractivity contribution >= 4 is 30.0 Å². The van der Waals surface area contributed by atoms with Crippen LogP contribution in [0.15, 0.2) is 0 Å². The third-order valence-electron chi connectivity index (χ3n) is 5.21. The van der Waals surface area contributed by atoms with E-state index in [1.807, 2.05) is 0 Å². The van der Waals surface area contributed by atoms with Crippen LogP contribution >= 0.6 is 0 Å². The van der Waals surface area contributed by atoms with E-state index in [9.17, 15) is 24.0 Å². The van der Waals surface area contributed by atoms with E-state index in [0.29, 0.717) is 0 Å². The van der Waals surface area contributed by atoms with Crippen molar-refractivity contribution in [3.63, 3.8) is 0 Å². The molecule has 0 N–H and O–H groups in total. The van der Waals surface area contributed by atoms with Gasteiger partial charge in [-0.05, 0) is 34.6 Å². The Labute approximate surface area is 209 Å². The third kappa shape index (κ3) is 7.29. The first kappa shape index (κ1) is 29.3. The highest BCUT2D eigenvalue weighted by Gasteiger charge is 2.60. The van der Waals surface area contributed by atoms with Crippen molar-refractivity contribution in [1.82, 2.24) is 4.90 Å². The van der Waals surface area contributed by atoms with Gasteiger partial charge in [-0.15, -0.1) is 0 Å². The Bertz CT molecular complexity index is 879. The highest BCUT2D eigenvalue weighted by atomic mass is 16.7. The van der Waals surface area contributed by atoms with Gasteiger partial charge < -0.3 is 33.2 Å². The normalized spacial score (nSPS) is 29.6. The summed E-state index contributed by atoms with van der Waals surface area (Å²) < 4.78 is 38.8. The minimum Gasteiger partial charge on any atom is -0.456 e. The molecule has 204 valence electrons. The number of nitrogens with zero attached hydrogens (tertiary/aromatic N) is 1. The van der Waals surface area contributed by atoms with Gasteiger partial charge in [-0.1, -0.05) is 0 Å². The molecule has 6 atom stereocenters. The van der Waals surface area contributed by atoms with Crippen LogP contribution < -0.4 is 0 Å². The molecular formula is C23H35NO12. The van der Waals surface area contributed by atoms with Crippen molar-refractivity contribution in [3.05, 3.63) is 0 Å². The van der Waals surface area contributed by atoms with Crippen molar-refractivity contribution in [3.8, 4) is 0 Å². The first-order valence-electron chi connectivity index (χ1n) is 11.4. The molecule has 2 fully saturated rings. The monoisotopic (exact) mass is 517 g/mol. The Morgan fingerprint density at radius 2 is 1.25 bits per heavy atom. The zero-order valence-electron chi connectivity index (χ0n) is 22.0. The summed E-state index contributed by atoms with van der Waals surface area (Å²) in [6.45, 7) is 12.7. The second kappa shape index (κ2) is 11.0. The Morgan fingerprint density at radius 3 is 1.72 bits per heavy atom. The molecule has 13 heteroatoms. The van der Waals surface area contributed by atoms with E-state index in [4.69, 9.17) is 33.2 Å². The molecule has 2 rings (SSSR count). The van der Waals surface area contributed by atoms with E-state index in [1.165, 1.54) is 4.90 Å². The summed E-state index contributed by atoms with van der Waals surface area (Å²) in [5, 5.41) is 0. The summed E-state index contributed by atoms with van der Waals surface area (Å²) in [7, 11) is 0. The number of hydrogen-bond donors (Lipinski definition) is 0. The number of hydrogen-bond acceptors (Lipinski definition) is 12. The van der Waals surface area contributed by atoms with Crippen molar-refractivity contribution in [1.29, 1.82) is 0 Å². The minimum absolute atomic E-state index is 0.0908. The lowest BCUT2D eigenvalue weighted by Gasteiger charge is -2.47. The van der Waals surface area contributed by atoms with Crippen LogP contribution in [0.2, 0.25) is 0 Å². The van der Waals surface area contributed by atoms with Crippen LogP contribution in [0.25, 0.3) is 0 Å². The SMILES string of the molecule is CC(=O)OC1OC(C2COC(C)(C)N2C(=O)OC(C)(C)C)C(OC(C)=O)C(OC(C)=O)C1OC(C)=O. The van der Waals surface area contributed by atoms with E-state index in [0.717, 1.165) is 27.7 Å². The van der Waals surface area contributed by atoms with Gasteiger partial charge in [-0.2, -0.15) is 0 Å². The molecule has 1 amide bonds. The Morgan fingerprint density at radius 1 is 0.778 bits per heavy atom. The van der Waals surface area contributed by atoms with Gasteiger partial charge in [-0.25, -0.2) is 4.79 Å². The standard InChI is InChI=1S/C23H35NO12/c1-11(25)31-17-16(15-10-30-23(8,9)24(15)21(29)36-22(5,6)7)35-20(34-14(4)28)19(33-13(3)27)18(17)32-12(2)26/h15-20H,10H2,1-9H3. The summed E-state index contributed by atoms with van der Waals surface area (Å²) in [5.41, 5.74) is -2.01. The van der Waals surface area contributed by atoms with Crippen LogP contribution in [0.5, 0.6) is 0 Å². The average Bonchev–Trinajstić information content (AvgIpc) is 2.98. The molecule has 2 heterocycles. The molecule has 0 bridgehead atoms. The molecule has 13 nitrogen and oxygen atoms in total. The molecule has 2 saturated heterocycles. The van der Waals surface area contributed by atoms with Gasteiger partial charge in [0.15, 0.2) is 12.2 Å². The van der Waals surface area contributed by atoms with E-state index in [2.05, 4.69) is 0 Å². The Kier molecular flexibility index (Phi) is 8.95. The lowest BCUT2D eigenvalue weighted by Crippen LogP contribution is -2.67. The summed E-state index contributed by atoms with van der Waals surface area (Å²) in [6.07, 6.45) is -7.84. The highest BCUT2D eigenvalue weighted by molar-refractivity contribution is 5.71. The Hall–Kier alpha value is -2.93. The van der Waals surface area contributed by atoms with Crippen LogP contribution in [0, 0.1) is 0 Å². The van der Waals surface area contributed by atoms with E-state index in [1.54, 1.807) is 34.6 Å². The lowest BCUT2D eigenvalue weighted by molar-refractivity contribution is -0.302. The Balaban J connectivity index is 2.61. The molecular weight excluding hydrogens is 482 g/mol. The molecule has 36 heavy (non-hydrogen) atoms. The number of esters is 4. The molecule has 0 aromatic heterocycles. The van der Waals surface area contributed by atoms with Crippen LogP contribution in [-0.4, -0.2) is 89.6 Å². The van der Waals surface area contributed by atoms with E-state index < -0.39 is 78.0 Å². The van der Waals surface area contributed by atoms with E-state index in [-0.39, 0.29) is 6.61 Å². The number of ether oxygens (including phenoxy) is 7. The molecule has 6 unspecified atom stereocenters. The zero-order valence-corrected chi connectivity index (χ0v) is 22.0. The minimum atomic E-state index is -1.56. The summed E-state index contributed by atoms with van der Waals surface area (Å²) >= 11 is 0. The molecule has 0 aliphatic carbocycles. The summed E-state index contributed by atoms with van der Waals surface area (Å²) in [4.78, 5) is 62.3. The fourth-order valence-electron chi connectivity index (χ4n) is 4.11. The van der Waals surface area contributed by atoms with Gasteiger partial charge in [0.1, 0.15) is 17.4 Å². The van der Waals surface area contributed by atoms with Crippen molar-refractivity contribution < 1.29 is 57.1 Å². The number of carbonyl (C=O) groups is 5. The molecule has 2 aliphatic rings. The fraction of sp³-hybridized carbons (Fsp3) is 0.783. The smallest absolute Gasteiger partial charge is 0.412 e. The van der Waals surface area contributed by atoms with Gasteiger partial charge in [0.25, 0.3) is 0 Å². The molecule has 0 aromatic carbocycles. The topological polar surface area (TPSA) is 153 Å². The van der Waals surface area contributed by atoms with Crippen molar-refractivity contribution in [2.75, 3.05) is 6.61 Å². The fourth-order valence-corrected chi connectivity index (χ4v) is 4.11. The average molecular weight is 518 g/mol. The van der Waals surface area contributed by atoms with Gasteiger partial charge >= 0.3 is 30.0 Å². The third-order valence-corrected chi connectivity index (χ3v) is 5.21. The molecule has 0 aromatic rings. The van der Waals surface area contributed by atoms with Gasteiger partial charge in [0.2, 0.25) is 12.4 Å². The summed E-state index contributed by atoms with van der Waals surface area (Å²) in [6, 6.07) is -0.950. The van der Waals surface area contributed by atoms with Crippen LogP contribution in [0.4, 0.5) is 4.79 Å². The highest BCUT2D eigenvalue weighted by Crippen LogP contribution is 2.38. The van der Waals surface area contributed by atoms with Gasteiger partial charge in [0.05, 0.1) is 12.6 Å². The summed E-state index contributed by atoms with van der Waals surface area (Å²) in [5.74, 6) is -3.13. The molecule has 0 spiro atoms. The predicted molar refractivity (Wildman–Crippen MR) is 119 cm³/mol. The molecule has 0 saturated carbocycles. The lowest BCUT2D eigenvalue weighted by atomic mass is 9.92. The first-order valence-corrected chi connectivity index (χ1v) is 11.4. The van der Waals surface area contributed by atoms with Crippen molar-refractivity contribution in [2.45, 2.75) is 110 Å². The van der Waals surface area contributed by atoms with E-state index >= 15 is 0 Å². The molecule has 2 aliphatic heterocycles. The maximum absolute atomic E-state index is 13.2. The number of amides is 1. The number of carbonyl (C=O) groups excluding carboxylic acids is 5. The van der Waals surface area contributed by atoms with Gasteiger partial charge in [0, 0.05) is 27.7 Å². The quantitative estimate of drug-likeness (QED) is 0.383. The first-order chi connectivity index (χ1) is 16.4. The maximum atomic E-state index is 13.2. The number of rotatable bonds is 5. The van der Waals surface area contributed by atoms with Crippen LogP contribution in [0.3, 0.4) is 0 Å². The predicted octanol–water partition coefficient (Wildman–Crippen LogP) is 1.44. The van der Waals surface area contributed by atoms with Crippen molar-refractivity contribution in [2.24, 2.45) is 0 Å². The largest absolute Gasteiger partial charge is 0.456 e. The zero-order chi connectivity index (χ0) is 27.6. The second-order valence-corrected chi connectivity index (χ2v) is 9.98.